The average molecular weight is 136 g/mol. The van der Waals surface area contributed by atoms with Crippen LogP contribution in [0.3, 0.4) is 0 Å². The fourth-order valence-corrected chi connectivity index (χ4v) is 0.779. The van der Waals surface area contributed by atoms with Gasteiger partial charge in [-0.25, -0.2) is 0 Å². The van der Waals surface area contributed by atoms with Gasteiger partial charge in [-0.2, -0.15) is 0 Å². The number of hydrogen-bond donors (Lipinski definition) is 0. The summed E-state index contributed by atoms with van der Waals surface area (Å²) in [5.41, 5.74) is 0. The summed E-state index contributed by atoms with van der Waals surface area (Å²) >= 11 is 0. The Kier molecular flexibility index (Phi) is 5.85. The van der Waals surface area contributed by atoms with Gasteiger partial charge in [-0.15, -0.1) is 6.58 Å². The van der Waals surface area contributed by atoms with Crippen molar-refractivity contribution in [3.63, 3.8) is 0 Å². The maximum atomic E-state index is 3.75. The van der Waals surface area contributed by atoms with E-state index in [1.54, 1.807) is 6.08 Å². The number of allylic oxidation sites excluding steroid dienone is 4. The minimum absolute atomic E-state index is 0.635. The van der Waals surface area contributed by atoms with Crippen LogP contribution in [-0.2, 0) is 0 Å². The molecule has 0 rings (SSSR count). The Morgan fingerprint density at radius 2 is 2.10 bits per heavy atom. The second kappa shape index (κ2) is 6.34. The Bertz CT molecular complexity index is 120. The molecular weight excluding hydrogens is 120 g/mol. The summed E-state index contributed by atoms with van der Waals surface area (Å²) in [7, 11) is 0. The lowest BCUT2D eigenvalue weighted by Crippen LogP contribution is -1.89. The van der Waals surface area contributed by atoms with Gasteiger partial charge in [0.2, 0.25) is 0 Å². The van der Waals surface area contributed by atoms with Crippen LogP contribution in [0.1, 0.15) is 19.8 Å². The SMILES string of the molecule is C=CC=CCC(C=C)CC. The summed E-state index contributed by atoms with van der Waals surface area (Å²) in [5, 5.41) is 0. The molecule has 1 unspecified atom stereocenters. The third-order valence-electron chi connectivity index (χ3n) is 1.57. The summed E-state index contributed by atoms with van der Waals surface area (Å²) in [6, 6.07) is 0. The molecule has 56 valence electrons. The highest BCUT2D eigenvalue weighted by Gasteiger charge is 1.94. The van der Waals surface area contributed by atoms with Crippen molar-refractivity contribution in [2.24, 2.45) is 5.92 Å². The molecule has 10 heavy (non-hydrogen) atoms. The lowest BCUT2D eigenvalue weighted by atomic mass is 10.0. The second-order valence-corrected chi connectivity index (χ2v) is 2.30. The Morgan fingerprint density at radius 1 is 1.40 bits per heavy atom. The van der Waals surface area contributed by atoms with Gasteiger partial charge in [0, 0.05) is 0 Å². The monoisotopic (exact) mass is 136 g/mol. The largest absolute Gasteiger partial charge is 0.103 e. The van der Waals surface area contributed by atoms with E-state index in [9.17, 15) is 0 Å². The van der Waals surface area contributed by atoms with Crippen molar-refractivity contribution in [1.29, 1.82) is 0 Å². The molecule has 0 N–H and O–H groups in total. The smallest absolute Gasteiger partial charge is 0.0204 e. The van der Waals surface area contributed by atoms with Crippen LogP contribution >= 0.6 is 0 Å². The van der Waals surface area contributed by atoms with Gasteiger partial charge >= 0.3 is 0 Å². The topological polar surface area (TPSA) is 0 Å². The fraction of sp³-hybridized carbons (Fsp3) is 0.400. The van der Waals surface area contributed by atoms with E-state index in [4.69, 9.17) is 0 Å². The Hall–Kier alpha value is -0.780. The maximum absolute atomic E-state index is 3.75. The van der Waals surface area contributed by atoms with E-state index >= 15 is 0 Å². The van der Waals surface area contributed by atoms with E-state index < -0.39 is 0 Å². The normalized spacial score (nSPS) is 13.3. The predicted molar refractivity (Wildman–Crippen MR) is 47.9 cm³/mol. The zero-order valence-corrected chi connectivity index (χ0v) is 6.72. The highest BCUT2D eigenvalue weighted by molar-refractivity contribution is 4.99. The molecule has 0 aliphatic rings. The minimum Gasteiger partial charge on any atom is -0.103 e. The van der Waals surface area contributed by atoms with Crippen molar-refractivity contribution < 1.29 is 0 Å². The van der Waals surface area contributed by atoms with E-state index in [0.717, 1.165) is 6.42 Å². The fourth-order valence-electron chi connectivity index (χ4n) is 0.779. The van der Waals surface area contributed by atoms with Crippen molar-refractivity contribution in [2.75, 3.05) is 0 Å². The average Bonchev–Trinajstić information content (AvgIpc) is 1.99. The molecule has 0 amide bonds. The summed E-state index contributed by atoms with van der Waals surface area (Å²) in [6.45, 7) is 9.52. The van der Waals surface area contributed by atoms with Crippen molar-refractivity contribution in [3.8, 4) is 0 Å². The highest BCUT2D eigenvalue weighted by Crippen LogP contribution is 2.08. The Labute approximate surface area is 64.0 Å². The van der Waals surface area contributed by atoms with Crippen LogP contribution in [0, 0.1) is 5.92 Å². The molecule has 0 radical (unpaired) electrons. The molecule has 0 aromatic rings. The molecule has 1 atom stereocenters. The maximum Gasteiger partial charge on any atom is -0.0204 e. The summed E-state index contributed by atoms with van der Waals surface area (Å²) < 4.78 is 0. The van der Waals surface area contributed by atoms with Gasteiger partial charge in [-0.05, 0) is 18.8 Å². The van der Waals surface area contributed by atoms with Gasteiger partial charge in [-0.3, -0.25) is 0 Å². The molecule has 0 saturated carbocycles. The van der Waals surface area contributed by atoms with E-state index in [0.29, 0.717) is 5.92 Å². The molecule has 0 heterocycles. The molecule has 0 spiro atoms. The molecule has 0 fully saturated rings. The van der Waals surface area contributed by atoms with E-state index in [-0.39, 0.29) is 0 Å². The van der Waals surface area contributed by atoms with Crippen molar-refractivity contribution >= 4 is 0 Å². The molecule has 0 saturated heterocycles. The molecule has 0 bridgehead atoms. The Balaban J connectivity index is 3.52. The van der Waals surface area contributed by atoms with Crippen LogP contribution in [0.25, 0.3) is 0 Å². The first-order valence-corrected chi connectivity index (χ1v) is 3.75. The number of hydrogen-bond acceptors (Lipinski definition) is 0. The standard InChI is InChI=1S/C10H16/c1-4-7-8-9-10(5-2)6-3/h4-5,7-8,10H,1-2,6,9H2,3H3. The van der Waals surface area contributed by atoms with Crippen LogP contribution in [0.5, 0.6) is 0 Å². The van der Waals surface area contributed by atoms with Crippen molar-refractivity contribution in [2.45, 2.75) is 19.8 Å². The van der Waals surface area contributed by atoms with Gasteiger partial charge < -0.3 is 0 Å². The third kappa shape index (κ3) is 4.13. The molecule has 0 aliphatic carbocycles. The van der Waals surface area contributed by atoms with Crippen LogP contribution < -0.4 is 0 Å². The van der Waals surface area contributed by atoms with Gasteiger partial charge in [-0.1, -0.05) is 37.8 Å². The molecule has 0 aromatic heterocycles. The Morgan fingerprint density at radius 3 is 2.50 bits per heavy atom. The van der Waals surface area contributed by atoms with E-state index in [1.165, 1.54) is 6.42 Å². The minimum atomic E-state index is 0.635. The van der Waals surface area contributed by atoms with Gasteiger partial charge in [0.15, 0.2) is 0 Å². The van der Waals surface area contributed by atoms with Gasteiger partial charge in [0.1, 0.15) is 0 Å². The zero-order valence-electron chi connectivity index (χ0n) is 6.72. The van der Waals surface area contributed by atoms with Crippen LogP contribution in [0.2, 0.25) is 0 Å². The van der Waals surface area contributed by atoms with E-state index in [2.05, 4.69) is 26.2 Å². The second-order valence-electron chi connectivity index (χ2n) is 2.30. The van der Waals surface area contributed by atoms with Gasteiger partial charge in [0.25, 0.3) is 0 Å². The molecule has 0 heteroatoms. The third-order valence-corrected chi connectivity index (χ3v) is 1.57. The summed E-state index contributed by atoms with van der Waals surface area (Å²) in [5.74, 6) is 0.635. The predicted octanol–water partition coefficient (Wildman–Crippen LogP) is 3.33. The quantitative estimate of drug-likeness (QED) is 0.401. The van der Waals surface area contributed by atoms with Crippen molar-refractivity contribution in [3.05, 3.63) is 37.5 Å². The highest BCUT2D eigenvalue weighted by atomic mass is 14.0. The first kappa shape index (κ1) is 9.22. The molecule has 0 aromatic carbocycles. The van der Waals surface area contributed by atoms with Gasteiger partial charge in [0.05, 0.1) is 0 Å². The lowest BCUT2D eigenvalue weighted by molar-refractivity contribution is 0.640. The van der Waals surface area contributed by atoms with Crippen LogP contribution in [0.4, 0.5) is 0 Å². The first-order chi connectivity index (χ1) is 4.85. The van der Waals surface area contributed by atoms with Crippen LogP contribution in [0.15, 0.2) is 37.5 Å². The van der Waals surface area contributed by atoms with Crippen molar-refractivity contribution in [1.82, 2.24) is 0 Å². The first-order valence-electron chi connectivity index (χ1n) is 3.75. The number of rotatable bonds is 5. The zero-order chi connectivity index (χ0) is 7.82. The van der Waals surface area contributed by atoms with E-state index in [1.807, 2.05) is 12.2 Å². The lowest BCUT2D eigenvalue weighted by Gasteiger charge is -2.03. The summed E-state index contributed by atoms with van der Waals surface area (Å²) in [6.07, 6.45) is 10.2. The molecule has 0 aliphatic heterocycles. The summed E-state index contributed by atoms with van der Waals surface area (Å²) in [4.78, 5) is 0. The molecule has 0 nitrogen and oxygen atoms in total. The molecular formula is C10H16. The van der Waals surface area contributed by atoms with Crippen LogP contribution in [-0.4, -0.2) is 0 Å².